The van der Waals surface area contributed by atoms with E-state index in [9.17, 15) is 0 Å². The molecule has 13 heavy (non-hydrogen) atoms. The summed E-state index contributed by atoms with van der Waals surface area (Å²) in [6.45, 7) is 2.18. The first kappa shape index (κ1) is 9.73. The van der Waals surface area contributed by atoms with Gasteiger partial charge in [-0.3, -0.25) is 0 Å². The fraction of sp³-hybridized carbons (Fsp3) is 0.455. The highest BCUT2D eigenvalue weighted by Gasteiger charge is 1.96. The van der Waals surface area contributed by atoms with Crippen molar-refractivity contribution in [2.75, 3.05) is 0 Å². The Morgan fingerprint density at radius 2 is 2.23 bits per heavy atom. The van der Waals surface area contributed by atoms with Gasteiger partial charge in [-0.05, 0) is 25.0 Å². The lowest BCUT2D eigenvalue weighted by Gasteiger charge is -1.98. The molecule has 2 heteroatoms. The molecule has 68 valence electrons. The molecule has 0 N–H and O–H groups in total. The van der Waals surface area contributed by atoms with Crippen LogP contribution in [-0.4, -0.2) is 4.98 Å². The molecule has 0 aliphatic rings. The summed E-state index contributed by atoms with van der Waals surface area (Å²) in [5.74, 6) is 0. The third kappa shape index (κ3) is 3.25. The van der Waals surface area contributed by atoms with Crippen molar-refractivity contribution in [3.05, 3.63) is 29.6 Å². The Bertz CT molecular complexity index is 299. The zero-order valence-electron chi connectivity index (χ0n) is 7.95. The highest BCUT2D eigenvalue weighted by Crippen LogP contribution is 2.04. The maximum absolute atomic E-state index is 8.62. The van der Waals surface area contributed by atoms with Crippen molar-refractivity contribution in [3.63, 3.8) is 0 Å². The maximum atomic E-state index is 8.62. The topological polar surface area (TPSA) is 36.7 Å². The Morgan fingerprint density at radius 3 is 2.92 bits per heavy atom. The number of hydrogen-bond acceptors (Lipinski definition) is 2. The summed E-state index contributed by atoms with van der Waals surface area (Å²) in [7, 11) is 0. The number of rotatable bonds is 4. The number of aryl methyl sites for hydroxylation is 1. The van der Waals surface area contributed by atoms with Gasteiger partial charge in [0.25, 0.3) is 0 Å². The van der Waals surface area contributed by atoms with E-state index in [1.165, 1.54) is 19.3 Å². The quantitative estimate of drug-likeness (QED) is 0.658. The molecule has 0 fully saturated rings. The minimum atomic E-state index is 0.522. The summed E-state index contributed by atoms with van der Waals surface area (Å²) in [5.41, 5.74) is 1.56. The number of aromatic nitrogens is 1. The van der Waals surface area contributed by atoms with Crippen molar-refractivity contribution in [2.24, 2.45) is 0 Å². The summed E-state index contributed by atoms with van der Waals surface area (Å²) < 4.78 is 0. The van der Waals surface area contributed by atoms with Crippen molar-refractivity contribution in [2.45, 2.75) is 32.6 Å². The Morgan fingerprint density at radius 1 is 1.38 bits per heavy atom. The molecule has 0 unspecified atom stereocenters. The Balaban J connectivity index is 2.52. The van der Waals surface area contributed by atoms with Gasteiger partial charge in [0.1, 0.15) is 11.8 Å². The Kier molecular flexibility index (Phi) is 3.98. The highest BCUT2D eigenvalue weighted by atomic mass is 14.7. The van der Waals surface area contributed by atoms with Gasteiger partial charge in [-0.25, -0.2) is 4.98 Å². The van der Waals surface area contributed by atoms with Crippen molar-refractivity contribution in [1.29, 1.82) is 5.26 Å². The highest BCUT2D eigenvalue weighted by molar-refractivity contribution is 5.22. The van der Waals surface area contributed by atoms with E-state index in [1.54, 1.807) is 6.07 Å². The summed E-state index contributed by atoms with van der Waals surface area (Å²) in [4.78, 5) is 4.20. The first-order valence-electron chi connectivity index (χ1n) is 4.73. The van der Waals surface area contributed by atoms with E-state index in [-0.39, 0.29) is 0 Å². The van der Waals surface area contributed by atoms with Crippen molar-refractivity contribution in [1.82, 2.24) is 4.98 Å². The van der Waals surface area contributed by atoms with Crippen LogP contribution in [0.5, 0.6) is 0 Å². The van der Waals surface area contributed by atoms with Crippen LogP contribution in [0.25, 0.3) is 0 Å². The molecule has 0 radical (unpaired) electrons. The van der Waals surface area contributed by atoms with Crippen LogP contribution in [0, 0.1) is 11.3 Å². The lowest BCUT2D eigenvalue weighted by atomic mass is 10.1. The van der Waals surface area contributed by atoms with E-state index in [4.69, 9.17) is 5.26 Å². The zero-order valence-corrected chi connectivity index (χ0v) is 7.95. The second-order valence-electron chi connectivity index (χ2n) is 3.08. The second kappa shape index (κ2) is 5.31. The van der Waals surface area contributed by atoms with E-state index in [0.29, 0.717) is 5.69 Å². The third-order valence-corrected chi connectivity index (χ3v) is 1.96. The van der Waals surface area contributed by atoms with Gasteiger partial charge in [-0.15, -0.1) is 0 Å². The van der Waals surface area contributed by atoms with Crippen LogP contribution in [0.2, 0.25) is 0 Å². The smallest absolute Gasteiger partial charge is 0.140 e. The van der Waals surface area contributed by atoms with Crippen LogP contribution in [0.15, 0.2) is 18.2 Å². The molecule has 1 heterocycles. The minimum absolute atomic E-state index is 0.522. The van der Waals surface area contributed by atoms with E-state index in [2.05, 4.69) is 11.9 Å². The predicted octanol–water partition coefficient (Wildman–Crippen LogP) is 2.69. The monoisotopic (exact) mass is 174 g/mol. The number of unbranched alkanes of at least 4 members (excludes halogenated alkanes) is 2. The van der Waals surface area contributed by atoms with E-state index < -0.39 is 0 Å². The third-order valence-electron chi connectivity index (χ3n) is 1.96. The first-order valence-corrected chi connectivity index (χ1v) is 4.73. The summed E-state index contributed by atoms with van der Waals surface area (Å²) in [5, 5.41) is 8.62. The van der Waals surface area contributed by atoms with Gasteiger partial charge < -0.3 is 0 Å². The lowest BCUT2D eigenvalue weighted by molar-refractivity contribution is 0.707. The second-order valence-corrected chi connectivity index (χ2v) is 3.08. The SMILES string of the molecule is CCCCCc1cccc(C#N)n1. The fourth-order valence-corrected chi connectivity index (χ4v) is 1.24. The standard InChI is InChI=1S/C11H14N2/c1-2-3-4-6-10-7-5-8-11(9-12)13-10/h5,7-8H,2-4,6H2,1H3. The summed E-state index contributed by atoms with van der Waals surface area (Å²) >= 11 is 0. The average Bonchev–Trinajstić information content (AvgIpc) is 2.19. The predicted molar refractivity (Wildman–Crippen MR) is 52.2 cm³/mol. The summed E-state index contributed by atoms with van der Waals surface area (Å²) in [6.07, 6.45) is 4.61. The largest absolute Gasteiger partial charge is 0.242 e. The van der Waals surface area contributed by atoms with Gasteiger partial charge in [0.2, 0.25) is 0 Å². The normalized spacial score (nSPS) is 9.54. The molecular formula is C11H14N2. The average molecular weight is 174 g/mol. The van der Waals surface area contributed by atoms with Crippen LogP contribution in [0.4, 0.5) is 0 Å². The van der Waals surface area contributed by atoms with E-state index in [0.717, 1.165) is 12.1 Å². The molecule has 0 spiro atoms. The van der Waals surface area contributed by atoms with Crippen LogP contribution in [0.3, 0.4) is 0 Å². The lowest BCUT2D eigenvalue weighted by Crippen LogP contribution is -1.92. The van der Waals surface area contributed by atoms with Crippen LogP contribution < -0.4 is 0 Å². The molecule has 0 aliphatic carbocycles. The van der Waals surface area contributed by atoms with Gasteiger partial charge in [0.05, 0.1) is 0 Å². The molecular weight excluding hydrogens is 160 g/mol. The maximum Gasteiger partial charge on any atom is 0.140 e. The molecule has 0 atom stereocenters. The summed E-state index contributed by atoms with van der Waals surface area (Å²) in [6, 6.07) is 7.66. The van der Waals surface area contributed by atoms with Gasteiger partial charge in [-0.1, -0.05) is 25.8 Å². The molecule has 0 aromatic carbocycles. The Labute approximate surface area is 79.2 Å². The molecule has 0 saturated heterocycles. The molecule has 0 saturated carbocycles. The Hall–Kier alpha value is -1.36. The molecule has 0 aliphatic heterocycles. The van der Waals surface area contributed by atoms with Crippen molar-refractivity contribution < 1.29 is 0 Å². The van der Waals surface area contributed by atoms with Gasteiger partial charge >= 0.3 is 0 Å². The molecule has 1 aromatic rings. The van der Waals surface area contributed by atoms with Gasteiger partial charge in [-0.2, -0.15) is 5.26 Å². The van der Waals surface area contributed by atoms with E-state index in [1.807, 2.05) is 18.2 Å². The fourth-order valence-electron chi connectivity index (χ4n) is 1.24. The van der Waals surface area contributed by atoms with Crippen molar-refractivity contribution >= 4 is 0 Å². The zero-order chi connectivity index (χ0) is 9.52. The minimum Gasteiger partial charge on any atom is -0.242 e. The number of pyridine rings is 1. The van der Waals surface area contributed by atoms with Crippen molar-refractivity contribution in [3.8, 4) is 6.07 Å². The number of hydrogen-bond donors (Lipinski definition) is 0. The number of nitriles is 1. The molecule has 1 aromatic heterocycles. The first-order chi connectivity index (χ1) is 6.36. The number of nitrogens with zero attached hydrogens (tertiary/aromatic N) is 2. The van der Waals surface area contributed by atoms with Crippen LogP contribution >= 0.6 is 0 Å². The van der Waals surface area contributed by atoms with Gasteiger partial charge in [0, 0.05) is 5.69 Å². The molecule has 0 bridgehead atoms. The van der Waals surface area contributed by atoms with Crippen LogP contribution in [-0.2, 0) is 6.42 Å². The molecule has 0 amide bonds. The molecule has 1 rings (SSSR count). The van der Waals surface area contributed by atoms with E-state index >= 15 is 0 Å². The molecule has 2 nitrogen and oxygen atoms in total. The van der Waals surface area contributed by atoms with Gasteiger partial charge in [0.15, 0.2) is 0 Å². The van der Waals surface area contributed by atoms with Crippen LogP contribution in [0.1, 0.15) is 37.6 Å².